The van der Waals surface area contributed by atoms with E-state index in [0.29, 0.717) is 11.5 Å². The van der Waals surface area contributed by atoms with E-state index in [1.54, 1.807) is 19.1 Å². The van der Waals surface area contributed by atoms with E-state index >= 15 is 0 Å². The van der Waals surface area contributed by atoms with Crippen LogP contribution in [0.2, 0.25) is 0 Å². The summed E-state index contributed by atoms with van der Waals surface area (Å²) in [5.74, 6) is -0.328. The highest BCUT2D eigenvalue weighted by Crippen LogP contribution is 2.21. The summed E-state index contributed by atoms with van der Waals surface area (Å²) in [5.41, 5.74) is 7.01. The lowest BCUT2D eigenvalue weighted by Gasteiger charge is -2.29. The summed E-state index contributed by atoms with van der Waals surface area (Å²) < 4.78 is 0. The summed E-state index contributed by atoms with van der Waals surface area (Å²) in [6, 6.07) is 3.44. The zero-order valence-corrected chi connectivity index (χ0v) is 10.5. The fourth-order valence-corrected chi connectivity index (χ4v) is 2.39. The molecule has 18 heavy (non-hydrogen) atoms. The van der Waals surface area contributed by atoms with E-state index in [0.717, 1.165) is 19.3 Å². The number of aromatic carboxylic acids is 1. The first-order valence-electron chi connectivity index (χ1n) is 6.30. The van der Waals surface area contributed by atoms with Crippen LogP contribution in [0.3, 0.4) is 0 Å². The van der Waals surface area contributed by atoms with Crippen molar-refractivity contribution in [2.75, 3.05) is 5.32 Å². The van der Waals surface area contributed by atoms with Gasteiger partial charge in [-0.2, -0.15) is 0 Å². The maximum absolute atomic E-state index is 11.0. The fourth-order valence-electron chi connectivity index (χ4n) is 2.39. The van der Waals surface area contributed by atoms with Crippen molar-refractivity contribution in [3.63, 3.8) is 0 Å². The van der Waals surface area contributed by atoms with Gasteiger partial charge in [-0.15, -0.1) is 0 Å². The molecular weight excluding hydrogens is 230 g/mol. The number of aryl methyl sites for hydroxylation is 1. The van der Waals surface area contributed by atoms with E-state index < -0.39 is 5.97 Å². The van der Waals surface area contributed by atoms with Gasteiger partial charge in [-0.1, -0.05) is 12.8 Å². The molecule has 0 amide bonds. The third-order valence-corrected chi connectivity index (χ3v) is 3.35. The molecule has 1 aromatic rings. The quantitative estimate of drug-likeness (QED) is 0.759. The molecule has 0 spiro atoms. The van der Waals surface area contributed by atoms with Crippen molar-refractivity contribution in [3.8, 4) is 0 Å². The summed E-state index contributed by atoms with van der Waals surface area (Å²) in [4.78, 5) is 15.3. The van der Waals surface area contributed by atoms with Gasteiger partial charge in [0.25, 0.3) is 0 Å². The molecule has 2 rings (SSSR count). The van der Waals surface area contributed by atoms with Crippen molar-refractivity contribution in [1.29, 1.82) is 0 Å². The number of nitrogens with two attached hydrogens (primary N) is 1. The molecule has 1 fully saturated rings. The lowest BCUT2D eigenvalue weighted by atomic mass is 9.91. The number of carboxylic acids is 1. The Labute approximate surface area is 106 Å². The van der Waals surface area contributed by atoms with Crippen LogP contribution in [0.15, 0.2) is 12.1 Å². The molecule has 2 unspecified atom stereocenters. The molecule has 0 radical (unpaired) electrons. The SMILES string of the molecule is Cc1cc(C(=O)O)cc(NC2CCCCC2N)n1. The van der Waals surface area contributed by atoms with Gasteiger partial charge in [0, 0.05) is 17.8 Å². The second-order valence-corrected chi connectivity index (χ2v) is 4.89. The molecule has 98 valence electrons. The van der Waals surface area contributed by atoms with Crippen molar-refractivity contribution >= 4 is 11.8 Å². The van der Waals surface area contributed by atoms with Crippen molar-refractivity contribution in [2.45, 2.75) is 44.7 Å². The lowest BCUT2D eigenvalue weighted by Crippen LogP contribution is -2.42. The van der Waals surface area contributed by atoms with E-state index in [9.17, 15) is 4.79 Å². The number of nitrogens with zero attached hydrogens (tertiary/aromatic N) is 1. The Morgan fingerprint density at radius 3 is 2.83 bits per heavy atom. The number of pyridine rings is 1. The second kappa shape index (κ2) is 5.35. The summed E-state index contributed by atoms with van der Waals surface area (Å²) >= 11 is 0. The van der Waals surface area contributed by atoms with Crippen molar-refractivity contribution in [1.82, 2.24) is 4.98 Å². The number of rotatable bonds is 3. The van der Waals surface area contributed by atoms with E-state index in [2.05, 4.69) is 10.3 Å². The normalized spacial score (nSPS) is 23.7. The molecular formula is C13H19N3O2. The zero-order chi connectivity index (χ0) is 13.1. The first-order chi connectivity index (χ1) is 8.56. The van der Waals surface area contributed by atoms with E-state index in [4.69, 9.17) is 10.8 Å². The number of hydrogen-bond acceptors (Lipinski definition) is 4. The third-order valence-electron chi connectivity index (χ3n) is 3.35. The van der Waals surface area contributed by atoms with Crippen LogP contribution >= 0.6 is 0 Å². The topological polar surface area (TPSA) is 88.2 Å². The Hall–Kier alpha value is -1.62. The first kappa shape index (κ1) is 12.8. The van der Waals surface area contributed by atoms with Crippen molar-refractivity contribution in [3.05, 3.63) is 23.4 Å². The number of carbonyl (C=O) groups is 1. The minimum Gasteiger partial charge on any atom is -0.478 e. The van der Waals surface area contributed by atoms with Crippen molar-refractivity contribution in [2.24, 2.45) is 5.73 Å². The number of hydrogen-bond donors (Lipinski definition) is 3. The smallest absolute Gasteiger partial charge is 0.335 e. The molecule has 1 aliphatic carbocycles. The highest BCUT2D eigenvalue weighted by Gasteiger charge is 2.22. The van der Waals surface area contributed by atoms with Crippen LogP contribution in [-0.2, 0) is 0 Å². The molecule has 4 N–H and O–H groups in total. The average Bonchev–Trinajstić information content (AvgIpc) is 2.31. The Morgan fingerprint density at radius 1 is 1.44 bits per heavy atom. The van der Waals surface area contributed by atoms with E-state index in [1.165, 1.54) is 6.42 Å². The standard InChI is InChI=1S/C13H19N3O2/c1-8-6-9(13(17)18)7-12(15-8)16-11-5-3-2-4-10(11)14/h6-7,10-11H,2-5,14H2,1H3,(H,15,16)(H,17,18). The molecule has 0 aliphatic heterocycles. The van der Waals surface area contributed by atoms with Crippen LogP contribution in [-0.4, -0.2) is 28.1 Å². The van der Waals surface area contributed by atoms with Crippen LogP contribution < -0.4 is 11.1 Å². The lowest BCUT2D eigenvalue weighted by molar-refractivity contribution is 0.0696. The Bertz CT molecular complexity index is 448. The van der Waals surface area contributed by atoms with Crippen LogP contribution in [0.25, 0.3) is 0 Å². The predicted octanol–water partition coefficient (Wildman–Crippen LogP) is 1.77. The molecule has 0 aromatic carbocycles. The van der Waals surface area contributed by atoms with Crippen LogP contribution in [0.4, 0.5) is 5.82 Å². The van der Waals surface area contributed by atoms with Gasteiger partial charge in [-0.3, -0.25) is 0 Å². The Kier molecular flexibility index (Phi) is 3.81. The van der Waals surface area contributed by atoms with Gasteiger partial charge in [-0.05, 0) is 31.9 Å². The largest absolute Gasteiger partial charge is 0.478 e. The highest BCUT2D eigenvalue weighted by molar-refractivity contribution is 5.88. The number of nitrogens with one attached hydrogen (secondary N) is 1. The third kappa shape index (κ3) is 2.98. The summed E-state index contributed by atoms with van der Waals surface area (Å²) in [6.07, 6.45) is 4.35. The second-order valence-electron chi connectivity index (χ2n) is 4.89. The first-order valence-corrected chi connectivity index (χ1v) is 6.30. The summed E-state index contributed by atoms with van der Waals surface area (Å²) in [7, 11) is 0. The number of aromatic nitrogens is 1. The van der Waals surface area contributed by atoms with E-state index in [-0.39, 0.29) is 17.6 Å². The summed E-state index contributed by atoms with van der Waals surface area (Å²) in [6.45, 7) is 1.79. The van der Waals surface area contributed by atoms with Gasteiger partial charge in [0.15, 0.2) is 0 Å². The number of anilines is 1. The minimum absolute atomic E-state index is 0.120. The maximum atomic E-state index is 11.0. The molecule has 2 atom stereocenters. The predicted molar refractivity (Wildman–Crippen MR) is 69.8 cm³/mol. The van der Waals surface area contributed by atoms with E-state index in [1.807, 2.05) is 0 Å². The van der Waals surface area contributed by atoms with Crippen molar-refractivity contribution < 1.29 is 9.90 Å². The van der Waals surface area contributed by atoms with Crippen LogP contribution in [0.1, 0.15) is 41.7 Å². The van der Waals surface area contributed by atoms with Crippen LogP contribution in [0, 0.1) is 6.92 Å². The fraction of sp³-hybridized carbons (Fsp3) is 0.538. The minimum atomic E-state index is -0.934. The van der Waals surface area contributed by atoms with Gasteiger partial charge >= 0.3 is 5.97 Å². The van der Waals surface area contributed by atoms with Crippen LogP contribution in [0.5, 0.6) is 0 Å². The van der Waals surface area contributed by atoms with Gasteiger partial charge in [0.2, 0.25) is 0 Å². The average molecular weight is 249 g/mol. The molecule has 0 saturated heterocycles. The Morgan fingerprint density at radius 2 is 2.17 bits per heavy atom. The molecule has 1 heterocycles. The summed E-state index contributed by atoms with van der Waals surface area (Å²) in [5, 5.41) is 12.3. The van der Waals surface area contributed by atoms with Gasteiger partial charge in [0.05, 0.1) is 5.56 Å². The maximum Gasteiger partial charge on any atom is 0.335 e. The number of carboxylic acid groups (broad SMARTS) is 1. The highest BCUT2D eigenvalue weighted by atomic mass is 16.4. The molecule has 5 nitrogen and oxygen atoms in total. The van der Waals surface area contributed by atoms with Gasteiger partial charge in [-0.25, -0.2) is 9.78 Å². The molecule has 1 aliphatic rings. The Balaban J connectivity index is 2.15. The van der Waals surface area contributed by atoms with Gasteiger partial charge in [0.1, 0.15) is 5.82 Å². The monoisotopic (exact) mass is 249 g/mol. The molecule has 1 aromatic heterocycles. The zero-order valence-electron chi connectivity index (χ0n) is 10.5. The molecule has 1 saturated carbocycles. The molecule has 0 bridgehead atoms. The van der Waals surface area contributed by atoms with Gasteiger partial charge < -0.3 is 16.2 Å². The molecule has 5 heteroatoms.